The third-order valence-corrected chi connectivity index (χ3v) is 8.98. The van der Waals surface area contributed by atoms with Crippen molar-refractivity contribution in [2.75, 3.05) is 18.5 Å². The van der Waals surface area contributed by atoms with Gasteiger partial charge in [0.2, 0.25) is 0 Å². The maximum atomic E-state index is 13.1. The van der Waals surface area contributed by atoms with Crippen LogP contribution in [-0.4, -0.2) is 74.3 Å². The molecule has 4 N–H and O–H groups in total. The van der Waals surface area contributed by atoms with Gasteiger partial charge in [0.1, 0.15) is 37.2 Å². The zero-order valence-electron chi connectivity index (χ0n) is 27.6. The summed E-state index contributed by atoms with van der Waals surface area (Å²) in [4.78, 5) is 47.0. The van der Waals surface area contributed by atoms with Crippen LogP contribution >= 0.6 is 0 Å². The molecule has 3 aromatic carbocycles. The number of nitrogens with zero attached hydrogens (tertiary/aromatic N) is 3. The maximum absolute atomic E-state index is 13.1. The number of anilines is 1. The predicted molar refractivity (Wildman–Crippen MR) is 180 cm³/mol. The first-order valence-electron chi connectivity index (χ1n) is 16.2. The van der Waals surface area contributed by atoms with Crippen molar-refractivity contribution in [2.45, 2.75) is 64.1 Å². The number of ketones is 1. The van der Waals surface area contributed by atoms with Gasteiger partial charge >= 0.3 is 0 Å². The Morgan fingerprint density at radius 3 is 2.22 bits per heavy atom. The van der Waals surface area contributed by atoms with Crippen LogP contribution in [0.2, 0.25) is 0 Å². The van der Waals surface area contributed by atoms with Crippen molar-refractivity contribution in [1.82, 2.24) is 20.2 Å². The summed E-state index contributed by atoms with van der Waals surface area (Å²) in [6.07, 6.45) is 0.119. The summed E-state index contributed by atoms with van der Waals surface area (Å²) in [6, 6.07) is 21.9. The molecule has 2 amide bonds. The summed E-state index contributed by atoms with van der Waals surface area (Å²) in [5.74, 6) is 0.488. The van der Waals surface area contributed by atoms with E-state index >= 15 is 0 Å². The minimum absolute atomic E-state index is 0.173. The van der Waals surface area contributed by atoms with E-state index in [1.54, 1.807) is 30.5 Å². The largest absolute Gasteiger partial charge is 0.492 e. The molecule has 254 valence electrons. The molecule has 0 spiro atoms. The van der Waals surface area contributed by atoms with Gasteiger partial charge in [-0.2, -0.15) is 0 Å². The van der Waals surface area contributed by atoms with Gasteiger partial charge in [-0.15, -0.1) is 0 Å². The van der Waals surface area contributed by atoms with Crippen molar-refractivity contribution in [3.63, 3.8) is 0 Å². The van der Waals surface area contributed by atoms with E-state index < -0.39 is 30.3 Å². The number of rotatable bonds is 12. The molecule has 1 saturated heterocycles. The Hall–Kier alpha value is -5.17. The van der Waals surface area contributed by atoms with Gasteiger partial charge in [0.25, 0.3) is 11.8 Å². The minimum atomic E-state index is -1.19. The lowest BCUT2D eigenvalue weighted by molar-refractivity contribution is -0.0413. The Labute approximate surface area is 284 Å². The number of piperidine rings is 1. The van der Waals surface area contributed by atoms with Crippen LogP contribution in [0.25, 0.3) is 0 Å². The van der Waals surface area contributed by atoms with Gasteiger partial charge in [-0.05, 0) is 72.5 Å². The first-order valence-corrected chi connectivity index (χ1v) is 16.2. The van der Waals surface area contributed by atoms with Gasteiger partial charge < -0.3 is 25.0 Å². The molecule has 1 aromatic heterocycles. The second-order valence-corrected chi connectivity index (χ2v) is 12.7. The first-order chi connectivity index (χ1) is 23.5. The smallest absolute Gasteiger partial charge is 0.262 e. The second-order valence-electron chi connectivity index (χ2n) is 12.7. The van der Waals surface area contributed by atoms with Gasteiger partial charge in [-0.25, -0.2) is 9.97 Å². The fourth-order valence-corrected chi connectivity index (χ4v) is 6.09. The monoisotopic (exact) mass is 665 g/mol. The number of aromatic nitrogens is 2. The normalized spacial score (nSPS) is 19.0. The van der Waals surface area contributed by atoms with E-state index in [2.05, 4.69) is 34.4 Å². The molecule has 2 aliphatic heterocycles. The number of benzene rings is 3. The average Bonchev–Trinajstić information content (AvgIpc) is 3.34. The Balaban J connectivity index is 0.992. The molecule has 3 heterocycles. The lowest BCUT2D eigenvalue weighted by atomic mass is 9.78. The molecule has 12 nitrogen and oxygen atoms in total. The Kier molecular flexibility index (Phi) is 9.72. The molecule has 2 aliphatic rings. The number of ether oxygens (including phenoxy) is 2. The van der Waals surface area contributed by atoms with E-state index in [1.165, 1.54) is 6.92 Å². The van der Waals surface area contributed by atoms with Crippen LogP contribution in [0, 0.1) is 0 Å². The van der Waals surface area contributed by atoms with Crippen LogP contribution in [0.4, 0.5) is 5.69 Å². The second kappa shape index (κ2) is 14.1. The molecule has 3 unspecified atom stereocenters. The molecule has 0 bridgehead atoms. The van der Waals surface area contributed by atoms with Crippen molar-refractivity contribution < 1.29 is 34.1 Å². The van der Waals surface area contributed by atoms with Crippen LogP contribution in [0.1, 0.15) is 81.8 Å². The highest BCUT2D eigenvalue weighted by Gasteiger charge is 2.44. The topological polar surface area (TPSA) is 163 Å². The van der Waals surface area contributed by atoms with Crippen molar-refractivity contribution >= 4 is 23.3 Å². The van der Waals surface area contributed by atoms with Gasteiger partial charge in [-0.1, -0.05) is 38.1 Å². The molecule has 3 atom stereocenters. The molecule has 6 rings (SSSR count). The summed E-state index contributed by atoms with van der Waals surface area (Å²) in [5.41, 5.74) is 3.82. The molecule has 0 aliphatic carbocycles. The first kappa shape index (κ1) is 33.7. The number of imide groups is 1. The highest BCUT2D eigenvalue weighted by molar-refractivity contribution is 6.22. The van der Waals surface area contributed by atoms with Crippen molar-refractivity contribution in [3.8, 4) is 11.5 Å². The number of Topliss-reactive ketones (excluding diaryl/α,β-unsaturated/α-hetero) is 1. The van der Waals surface area contributed by atoms with Crippen LogP contribution in [0.15, 0.2) is 79.0 Å². The summed E-state index contributed by atoms with van der Waals surface area (Å²) >= 11 is 0. The predicted octanol–water partition coefficient (Wildman–Crippen LogP) is 4.06. The molecule has 0 radical (unpaired) electrons. The summed E-state index contributed by atoms with van der Waals surface area (Å²) in [7, 11) is 0. The summed E-state index contributed by atoms with van der Waals surface area (Å²) in [5, 5.41) is 25.9. The van der Waals surface area contributed by atoms with Crippen molar-refractivity contribution in [2.24, 2.45) is 0 Å². The lowest BCUT2D eigenvalue weighted by Crippen LogP contribution is -2.58. The summed E-state index contributed by atoms with van der Waals surface area (Å²) in [6.45, 7) is 6.80. The molecule has 12 heteroatoms. The van der Waals surface area contributed by atoms with Crippen molar-refractivity contribution in [1.29, 1.82) is 0 Å². The number of amides is 2. The SMILES string of the molecule is CC(=O)c1nccc(COc2ccc(C(C)(C)c3ccc(OCCNc4ccc5c(c4)C(=O)N(C4CCC(O)NC4O)C5=O)cc3)cc2)n1. The minimum Gasteiger partial charge on any atom is -0.492 e. The number of carbonyl (C=O) groups excluding carboxylic acids is 3. The zero-order valence-corrected chi connectivity index (χ0v) is 27.6. The van der Waals surface area contributed by atoms with E-state index in [0.29, 0.717) is 48.7 Å². The molecule has 0 saturated carbocycles. The van der Waals surface area contributed by atoms with E-state index in [-0.39, 0.29) is 29.2 Å². The molecule has 49 heavy (non-hydrogen) atoms. The van der Waals surface area contributed by atoms with Crippen molar-refractivity contribution in [3.05, 3.63) is 113 Å². The van der Waals surface area contributed by atoms with E-state index in [9.17, 15) is 24.6 Å². The fourth-order valence-electron chi connectivity index (χ4n) is 6.09. The molecule has 1 fully saturated rings. The number of hydrogen-bond acceptors (Lipinski definition) is 11. The number of aliphatic hydroxyl groups is 2. The Morgan fingerprint density at radius 1 is 0.918 bits per heavy atom. The lowest BCUT2D eigenvalue weighted by Gasteiger charge is -2.36. The number of fused-ring (bicyclic) bond motifs is 1. The number of aliphatic hydroxyl groups excluding tert-OH is 2. The highest BCUT2D eigenvalue weighted by Crippen LogP contribution is 2.34. The third kappa shape index (κ3) is 7.31. The quantitative estimate of drug-likeness (QED) is 0.0981. The molecular formula is C37H39N5O7. The Bertz CT molecular complexity index is 1850. The average molecular weight is 666 g/mol. The number of hydrogen-bond donors (Lipinski definition) is 4. The fraction of sp³-hybridized carbons (Fsp3) is 0.324. The maximum Gasteiger partial charge on any atom is 0.262 e. The van der Waals surface area contributed by atoms with Gasteiger partial charge in [-0.3, -0.25) is 24.6 Å². The van der Waals surface area contributed by atoms with E-state index in [4.69, 9.17) is 9.47 Å². The van der Waals surface area contributed by atoms with Gasteiger partial charge in [0.05, 0.1) is 22.9 Å². The Morgan fingerprint density at radius 2 is 1.57 bits per heavy atom. The number of carbonyl (C=O) groups is 3. The number of nitrogens with one attached hydrogen (secondary N) is 2. The molecular weight excluding hydrogens is 626 g/mol. The highest BCUT2D eigenvalue weighted by atomic mass is 16.5. The van der Waals surface area contributed by atoms with E-state index in [0.717, 1.165) is 21.8 Å². The summed E-state index contributed by atoms with van der Waals surface area (Å²) < 4.78 is 11.8. The van der Waals surface area contributed by atoms with Gasteiger partial charge in [0.15, 0.2) is 11.6 Å². The third-order valence-electron chi connectivity index (χ3n) is 8.98. The standard InChI is InChI=1S/C37H39N5O7/c1-22(43)33-39-17-16-26(40-33)21-49-28-11-6-24(7-12-28)37(2,3)23-4-9-27(10-5-23)48-19-18-38-25-8-13-29-30(20-25)36(47)42(35(29)46)31-14-15-32(44)41-34(31)45/h4-13,16-17,20,31-32,34,38,41,44-45H,14-15,18-19,21H2,1-3H3. The zero-order chi connectivity index (χ0) is 34.7. The van der Waals surface area contributed by atoms with E-state index in [1.807, 2.05) is 48.5 Å². The van der Waals surface area contributed by atoms with Gasteiger partial charge in [0, 0.05) is 30.8 Å². The van der Waals surface area contributed by atoms with Crippen LogP contribution in [0.3, 0.4) is 0 Å². The van der Waals surface area contributed by atoms with Crippen LogP contribution < -0.4 is 20.1 Å². The van der Waals surface area contributed by atoms with Crippen LogP contribution in [0.5, 0.6) is 11.5 Å². The molecule has 4 aromatic rings. The van der Waals surface area contributed by atoms with Crippen LogP contribution in [-0.2, 0) is 12.0 Å².